The van der Waals surface area contributed by atoms with E-state index in [2.05, 4.69) is 0 Å². The Morgan fingerprint density at radius 2 is 1.86 bits per heavy atom. The molecule has 2 atom stereocenters. The van der Waals surface area contributed by atoms with Gasteiger partial charge in [-0.25, -0.2) is 0 Å². The van der Waals surface area contributed by atoms with Crippen molar-refractivity contribution in [3.05, 3.63) is 0 Å². The lowest BCUT2D eigenvalue weighted by atomic mass is 9.81. The summed E-state index contributed by atoms with van der Waals surface area (Å²) in [5.41, 5.74) is -0.833. The molecule has 4 nitrogen and oxygen atoms in total. The lowest BCUT2D eigenvalue weighted by Crippen LogP contribution is -2.58. The van der Waals surface area contributed by atoms with Crippen LogP contribution in [-0.4, -0.2) is 39.8 Å². The van der Waals surface area contributed by atoms with Crippen LogP contribution in [0.15, 0.2) is 0 Å². The summed E-state index contributed by atoms with van der Waals surface area (Å²) in [4.78, 5) is 13.3. The summed E-state index contributed by atoms with van der Waals surface area (Å²) in [6, 6.07) is -0.454. The van der Waals surface area contributed by atoms with E-state index in [1.54, 1.807) is 18.9 Å². The molecule has 0 spiro atoms. The number of rotatable bonds is 0. The third kappa shape index (κ3) is 1.17. The van der Waals surface area contributed by atoms with Gasteiger partial charge in [0.05, 0.1) is 0 Å². The van der Waals surface area contributed by atoms with Gasteiger partial charge in [0, 0.05) is 12.5 Å². The first-order valence-electron chi connectivity index (χ1n) is 4.90. The third-order valence-corrected chi connectivity index (χ3v) is 3.57. The van der Waals surface area contributed by atoms with Crippen molar-refractivity contribution in [1.29, 1.82) is 0 Å². The van der Waals surface area contributed by atoms with E-state index in [0.717, 1.165) is 5.06 Å². The molecule has 0 bridgehead atoms. The number of carbonyl (C=O) groups excluding carboxylic acids is 1. The van der Waals surface area contributed by atoms with Crippen LogP contribution in [0.2, 0.25) is 0 Å². The summed E-state index contributed by atoms with van der Waals surface area (Å²) in [5, 5.41) is 11.1. The van der Waals surface area contributed by atoms with Crippen molar-refractivity contribution < 1.29 is 10.0 Å². The average molecular weight is 200 g/mol. The molecule has 0 aromatic carbocycles. The fourth-order valence-electron chi connectivity index (χ4n) is 1.98. The van der Waals surface area contributed by atoms with E-state index in [1.807, 2.05) is 27.7 Å². The quantitative estimate of drug-likeness (QED) is 0.641. The van der Waals surface area contributed by atoms with E-state index < -0.39 is 11.7 Å². The molecule has 1 aliphatic rings. The maximum Gasteiger partial charge on any atom is 0.243 e. The van der Waals surface area contributed by atoms with Crippen LogP contribution in [0, 0.1) is 5.41 Å². The summed E-state index contributed by atoms with van der Waals surface area (Å²) in [5.74, 6) is -0.0371. The Bertz CT molecular complexity index is 259. The van der Waals surface area contributed by atoms with Gasteiger partial charge in [-0.1, -0.05) is 20.8 Å². The normalized spacial score (nSPS) is 35.5. The summed E-state index contributed by atoms with van der Waals surface area (Å²) in [6.45, 7) is 9.64. The zero-order valence-electron chi connectivity index (χ0n) is 9.83. The first-order valence-corrected chi connectivity index (χ1v) is 4.90. The second-order valence-electron chi connectivity index (χ2n) is 5.19. The maximum atomic E-state index is 11.7. The lowest BCUT2D eigenvalue weighted by molar-refractivity contribution is -0.226. The highest BCUT2D eigenvalue weighted by atomic mass is 16.5. The molecule has 1 rings (SSSR count). The van der Waals surface area contributed by atoms with Gasteiger partial charge >= 0.3 is 0 Å². The van der Waals surface area contributed by atoms with Gasteiger partial charge in [-0.05, 0) is 13.8 Å². The molecule has 0 aromatic rings. The van der Waals surface area contributed by atoms with Crippen molar-refractivity contribution in [2.45, 2.75) is 46.3 Å². The molecule has 1 aliphatic heterocycles. The van der Waals surface area contributed by atoms with E-state index in [1.165, 1.54) is 0 Å². The first kappa shape index (κ1) is 11.5. The second-order valence-corrected chi connectivity index (χ2v) is 5.19. The average Bonchev–Trinajstić information content (AvgIpc) is 2.21. The molecule has 82 valence electrons. The topological polar surface area (TPSA) is 43.8 Å². The van der Waals surface area contributed by atoms with Crippen LogP contribution in [0.1, 0.15) is 34.6 Å². The van der Waals surface area contributed by atoms with Gasteiger partial charge < -0.3 is 10.1 Å². The van der Waals surface area contributed by atoms with E-state index in [4.69, 9.17) is 0 Å². The highest BCUT2D eigenvalue weighted by molar-refractivity contribution is 5.84. The van der Waals surface area contributed by atoms with Gasteiger partial charge in [0.25, 0.3) is 0 Å². The Labute approximate surface area is 85.4 Å². The fraction of sp³-hybridized carbons (Fsp3) is 0.900. The highest BCUT2D eigenvalue weighted by Crippen LogP contribution is 2.42. The summed E-state index contributed by atoms with van der Waals surface area (Å²) in [7, 11) is 1.74. The molecule has 1 N–H and O–H groups in total. The molecule has 4 heteroatoms. The van der Waals surface area contributed by atoms with Gasteiger partial charge in [-0.3, -0.25) is 4.79 Å². The Hall–Kier alpha value is -0.610. The van der Waals surface area contributed by atoms with Crippen LogP contribution >= 0.6 is 0 Å². The third-order valence-electron chi connectivity index (χ3n) is 3.57. The van der Waals surface area contributed by atoms with E-state index in [-0.39, 0.29) is 11.3 Å². The van der Waals surface area contributed by atoms with Crippen LogP contribution in [0.5, 0.6) is 0 Å². The standard InChI is InChI=1S/C10H20N2O2/c1-7-8(13)11(6)10(5,12(7)14)9(2,3)4/h7,14H,1-6H3/t7-,10+/m0/s1. The van der Waals surface area contributed by atoms with Gasteiger partial charge in [0.2, 0.25) is 5.91 Å². The zero-order valence-corrected chi connectivity index (χ0v) is 9.83. The van der Waals surface area contributed by atoms with Gasteiger partial charge in [-0.15, -0.1) is 0 Å². The largest absolute Gasteiger partial charge is 0.324 e. The fourth-order valence-corrected chi connectivity index (χ4v) is 1.98. The molecular formula is C10H20N2O2. The molecule has 0 radical (unpaired) electrons. The molecule has 0 unspecified atom stereocenters. The van der Waals surface area contributed by atoms with Crippen molar-refractivity contribution in [1.82, 2.24) is 9.96 Å². The predicted molar refractivity (Wildman–Crippen MR) is 53.7 cm³/mol. The predicted octanol–water partition coefficient (Wildman–Crippen LogP) is 1.30. The number of amides is 1. The SMILES string of the molecule is C[C@H]1C(=O)N(C)[C@@](C)(C(C)(C)C)N1O. The summed E-state index contributed by atoms with van der Waals surface area (Å²) < 4.78 is 0. The number of hydrogen-bond donors (Lipinski definition) is 1. The van der Waals surface area contributed by atoms with Crippen LogP contribution < -0.4 is 0 Å². The Kier molecular flexibility index (Phi) is 2.41. The first-order chi connectivity index (χ1) is 6.14. The molecule has 0 saturated carbocycles. The summed E-state index contributed by atoms with van der Waals surface area (Å²) >= 11 is 0. The Morgan fingerprint density at radius 1 is 1.43 bits per heavy atom. The molecule has 14 heavy (non-hydrogen) atoms. The van der Waals surface area contributed by atoms with Crippen molar-refractivity contribution in [3.63, 3.8) is 0 Å². The number of likely N-dealkylation sites (N-methyl/N-ethyl adjacent to an activating group) is 1. The van der Waals surface area contributed by atoms with E-state index in [9.17, 15) is 10.0 Å². The molecule has 1 amide bonds. The minimum Gasteiger partial charge on any atom is -0.324 e. The van der Waals surface area contributed by atoms with Gasteiger partial charge in [0.15, 0.2) is 0 Å². The van der Waals surface area contributed by atoms with Crippen LogP contribution in [0.25, 0.3) is 0 Å². The molecule has 1 heterocycles. The highest BCUT2D eigenvalue weighted by Gasteiger charge is 2.56. The van der Waals surface area contributed by atoms with Crippen LogP contribution in [0.4, 0.5) is 0 Å². The number of nitrogens with zero attached hydrogens (tertiary/aromatic N) is 2. The van der Waals surface area contributed by atoms with Crippen molar-refractivity contribution in [2.24, 2.45) is 5.41 Å². The molecule has 1 fully saturated rings. The molecule has 0 aliphatic carbocycles. The number of carbonyl (C=O) groups is 1. The molecule has 0 aromatic heterocycles. The van der Waals surface area contributed by atoms with Crippen molar-refractivity contribution >= 4 is 5.91 Å². The van der Waals surface area contributed by atoms with E-state index >= 15 is 0 Å². The Balaban J connectivity index is 3.17. The molecular weight excluding hydrogens is 180 g/mol. The van der Waals surface area contributed by atoms with Gasteiger partial charge in [0.1, 0.15) is 11.7 Å². The van der Waals surface area contributed by atoms with Gasteiger partial charge in [-0.2, -0.15) is 5.06 Å². The summed E-state index contributed by atoms with van der Waals surface area (Å²) in [6.07, 6.45) is 0. The number of hydroxylamine groups is 2. The van der Waals surface area contributed by atoms with Crippen molar-refractivity contribution in [3.8, 4) is 0 Å². The monoisotopic (exact) mass is 200 g/mol. The smallest absolute Gasteiger partial charge is 0.243 e. The zero-order chi connectivity index (χ0) is 11.3. The van der Waals surface area contributed by atoms with Crippen LogP contribution in [0.3, 0.4) is 0 Å². The minimum absolute atomic E-state index is 0.0371. The maximum absolute atomic E-state index is 11.7. The Morgan fingerprint density at radius 3 is 2.00 bits per heavy atom. The number of hydrogen-bond acceptors (Lipinski definition) is 3. The lowest BCUT2D eigenvalue weighted by Gasteiger charge is -2.46. The molecule has 1 saturated heterocycles. The van der Waals surface area contributed by atoms with Crippen molar-refractivity contribution in [2.75, 3.05) is 7.05 Å². The van der Waals surface area contributed by atoms with E-state index in [0.29, 0.717) is 0 Å². The second kappa shape index (κ2) is 2.94. The van der Waals surface area contributed by atoms with Crippen LogP contribution in [-0.2, 0) is 4.79 Å². The minimum atomic E-state index is -0.635.